The fraction of sp³-hybridized carbons (Fsp3) is 0.118. The summed E-state index contributed by atoms with van der Waals surface area (Å²) < 4.78 is 45.4. The Labute approximate surface area is 140 Å². The van der Waals surface area contributed by atoms with Gasteiger partial charge in [0.05, 0.1) is 36.3 Å². The lowest BCUT2D eigenvalue weighted by Gasteiger charge is -2.08. The van der Waals surface area contributed by atoms with Gasteiger partial charge >= 0.3 is 6.18 Å². The lowest BCUT2D eigenvalue weighted by atomic mass is 10.1. The first-order valence-electron chi connectivity index (χ1n) is 7.10. The smallest absolute Gasteiger partial charge is 0.435 e. The lowest BCUT2D eigenvalue weighted by Crippen LogP contribution is -2.07. The van der Waals surface area contributed by atoms with Crippen LogP contribution in [0.2, 0.25) is 0 Å². The topological polar surface area (TPSA) is 63.7 Å². The van der Waals surface area contributed by atoms with E-state index in [1.54, 1.807) is 18.2 Å². The summed E-state index contributed by atoms with van der Waals surface area (Å²) in [5, 5.41) is 12.5. The number of ether oxygens (including phenoxy) is 1. The number of hydrogen-bond donors (Lipinski definition) is 0. The fourth-order valence-corrected chi connectivity index (χ4v) is 2.26. The van der Waals surface area contributed by atoms with Crippen LogP contribution in [-0.4, -0.2) is 21.9 Å². The number of benzene rings is 1. The Morgan fingerprint density at radius 2 is 1.84 bits per heavy atom. The molecule has 0 radical (unpaired) electrons. The summed E-state index contributed by atoms with van der Waals surface area (Å²) >= 11 is 0. The van der Waals surface area contributed by atoms with Crippen molar-refractivity contribution in [3.63, 3.8) is 0 Å². The van der Waals surface area contributed by atoms with Crippen molar-refractivity contribution in [3.8, 4) is 28.9 Å². The molecule has 0 N–H and O–H groups in total. The van der Waals surface area contributed by atoms with E-state index in [1.165, 1.54) is 31.5 Å². The van der Waals surface area contributed by atoms with Gasteiger partial charge in [-0.2, -0.15) is 23.5 Å². The second-order valence-electron chi connectivity index (χ2n) is 5.07. The number of hydrogen-bond acceptors (Lipinski definition) is 4. The maximum absolute atomic E-state index is 13.1. The van der Waals surface area contributed by atoms with Crippen molar-refractivity contribution in [2.45, 2.75) is 6.18 Å². The Hall–Kier alpha value is -3.34. The molecule has 8 heteroatoms. The average Bonchev–Trinajstić information content (AvgIpc) is 3.07. The third kappa shape index (κ3) is 3.30. The molecule has 0 spiro atoms. The molecule has 0 saturated heterocycles. The second kappa shape index (κ2) is 6.28. The highest BCUT2D eigenvalue weighted by molar-refractivity contribution is 5.63. The number of halogens is 3. The van der Waals surface area contributed by atoms with E-state index in [4.69, 9.17) is 10.00 Å². The molecule has 0 atom stereocenters. The molecule has 2 aromatic heterocycles. The van der Waals surface area contributed by atoms with Gasteiger partial charge in [-0.25, -0.2) is 9.67 Å². The van der Waals surface area contributed by atoms with Gasteiger partial charge in [0.1, 0.15) is 0 Å². The molecule has 0 saturated carbocycles. The molecule has 5 nitrogen and oxygen atoms in total. The molecule has 0 unspecified atom stereocenters. The van der Waals surface area contributed by atoms with Crippen molar-refractivity contribution in [1.29, 1.82) is 5.26 Å². The van der Waals surface area contributed by atoms with Crippen LogP contribution in [0.5, 0.6) is 5.88 Å². The highest BCUT2D eigenvalue weighted by Gasteiger charge is 2.35. The molecule has 0 aliphatic carbocycles. The minimum Gasteiger partial charge on any atom is -0.481 e. The van der Waals surface area contributed by atoms with Crippen LogP contribution in [0.1, 0.15) is 11.3 Å². The van der Waals surface area contributed by atoms with Crippen molar-refractivity contribution in [1.82, 2.24) is 14.8 Å². The molecule has 0 amide bonds. The summed E-state index contributed by atoms with van der Waals surface area (Å²) in [5.74, 6) is 0.340. The predicted octanol–water partition coefficient (Wildman–Crippen LogP) is 3.83. The molecule has 25 heavy (non-hydrogen) atoms. The zero-order valence-corrected chi connectivity index (χ0v) is 12.9. The standard InChI is InChI=1S/C17H11F3N4O/c1-25-16-7-6-13(10-22-16)24-14(8-15(23-24)17(18,19)20)12-4-2-11(9-21)3-5-12/h2-8,10H,1H3. The van der Waals surface area contributed by atoms with E-state index in [2.05, 4.69) is 10.1 Å². The Kier molecular flexibility index (Phi) is 4.15. The predicted molar refractivity (Wildman–Crippen MR) is 83.1 cm³/mol. The molecule has 0 fully saturated rings. The molecule has 3 aromatic rings. The summed E-state index contributed by atoms with van der Waals surface area (Å²) in [6.45, 7) is 0. The molecular formula is C17H11F3N4O. The van der Waals surface area contributed by atoms with Gasteiger partial charge in [0.15, 0.2) is 5.69 Å². The van der Waals surface area contributed by atoms with Crippen LogP contribution < -0.4 is 4.74 Å². The maximum Gasteiger partial charge on any atom is 0.435 e. The molecule has 1 aromatic carbocycles. The normalized spacial score (nSPS) is 11.2. The van der Waals surface area contributed by atoms with E-state index >= 15 is 0 Å². The number of nitrogens with zero attached hydrogens (tertiary/aromatic N) is 4. The number of methoxy groups -OCH3 is 1. The highest BCUT2D eigenvalue weighted by atomic mass is 19.4. The van der Waals surface area contributed by atoms with E-state index in [-0.39, 0.29) is 5.69 Å². The van der Waals surface area contributed by atoms with Crippen LogP contribution in [0.4, 0.5) is 13.2 Å². The number of rotatable bonds is 3. The SMILES string of the molecule is COc1ccc(-n2nc(C(F)(F)F)cc2-c2ccc(C#N)cc2)cn1. The number of nitriles is 1. The quantitative estimate of drug-likeness (QED) is 0.724. The van der Waals surface area contributed by atoms with Crippen LogP contribution >= 0.6 is 0 Å². The van der Waals surface area contributed by atoms with Gasteiger partial charge in [-0.05, 0) is 24.3 Å². The van der Waals surface area contributed by atoms with Gasteiger partial charge in [0, 0.05) is 11.6 Å². The summed E-state index contributed by atoms with van der Waals surface area (Å²) in [6, 6.07) is 12.2. The molecule has 0 bridgehead atoms. The Morgan fingerprint density at radius 3 is 2.36 bits per heavy atom. The third-order valence-corrected chi connectivity index (χ3v) is 3.48. The highest BCUT2D eigenvalue weighted by Crippen LogP contribution is 2.33. The minimum atomic E-state index is -4.58. The van der Waals surface area contributed by atoms with E-state index in [0.29, 0.717) is 22.7 Å². The molecule has 0 aliphatic heterocycles. The maximum atomic E-state index is 13.1. The van der Waals surface area contributed by atoms with Crippen molar-refractivity contribution < 1.29 is 17.9 Å². The number of alkyl halides is 3. The van der Waals surface area contributed by atoms with Gasteiger partial charge in [-0.1, -0.05) is 12.1 Å². The average molecular weight is 344 g/mol. The second-order valence-corrected chi connectivity index (χ2v) is 5.07. The number of pyridine rings is 1. The van der Waals surface area contributed by atoms with E-state index in [0.717, 1.165) is 10.7 Å². The van der Waals surface area contributed by atoms with Crippen LogP contribution in [0.15, 0.2) is 48.7 Å². The van der Waals surface area contributed by atoms with E-state index in [9.17, 15) is 13.2 Å². The van der Waals surface area contributed by atoms with E-state index in [1.807, 2.05) is 6.07 Å². The van der Waals surface area contributed by atoms with Crippen molar-refractivity contribution >= 4 is 0 Å². The van der Waals surface area contributed by atoms with Gasteiger partial charge in [0.2, 0.25) is 5.88 Å². The molecule has 126 valence electrons. The monoisotopic (exact) mass is 344 g/mol. The fourth-order valence-electron chi connectivity index (χ4n) is 2.26. The first-order chi connectivity index (χ1) is 11.9. The van der Waals surface area contributed by atoms with Crippen LogP contribution in [-0.2, 0) is 6.18 Å². The Balaban J connectivity index is 2.14. The largest absolute Gasteiger partial charge is 0.481 e. The Morgan fingerprint density at radius 1 is 1.12 bits per heavy atom. The number of aromatic nitrogens is 3. The van der Waals surface area contributed by atoms with Crippen molar-refractivity contribution in [2.24, 2.45) is 0 Å². The third-order valence-electron chi connectivity index (χ3n) is 3.48. The Bertz CT molecular complexity index is 923. The zero-order valence-electron chi connectivity index (χ0n) is 12.9. The first-order valence-corrected chi connectivity index (χ1v) is 7.10. The minimum absolute atomic E-state index is 0.240. The van der Waals surface area contributed by atoms with E-state index < -0.39 is 11.9 Å². The summed E-state index contributed by atoms with van der Waals surface area (Å²) in [4.78, 5) is 4.00. The molecule has 2 heterocycles. The lowest BCUT2D eigenvalue weighted by molar-refractivity contribution is -0.141. The van der Waals surface area contributed by atoms with Crippen LogP contribution in [0.25, 0.3) is 16.9 Å². The molecular weight excluding hydrogens is 333 g/mol. The first kappa shape index (κ1) is 16.5. The van der Waals surface area contributed by atoms with Gasteiger partial charge in [0.25, 0.3) is 0 Å². The van der Waals surface area contributed by atoms with Crippen LogP contribution in [0, 0.1) is 11.3 Å². The van der Waals surface area contributed by atoms with Crippen molar-refractivity contribution in [3.05, 3.63) is 59.9 Å². The van der Waals surface area contributed by atoms with Crippen LogP contribution in [0.3, 0.4) is 0 Å². The van der Waals surface area contributed by atoms with Gasteiger partial charge in [-0.15, -0.1) is 0 Å². The molecule has 3 rings (SSSR count). The molecule has 0 aliphatic rings. The van der Waals surface area contributed by atoms with Gasteiger partial charge in [-0.3, -0.25) is 0 Å². The summed E-state index contributed by atoms with van der Waals surface area (Å²) in [6.07, 6.45) is -3.20. The summed E-state index contributed by atoms with van der Waals surface area (Å²) in [7, 11) is 1.44. The van der Waals surface area contributed by atoms with Gasteiger partial charge < -0.3 is 4.74 Å². The summed E-state index contributed by atoms with van der Waals surface area (Å²) in [5.41, 5.74) is 0.497. The van der Waals surface area contributed by atoms with Crippen molar-refractivity contribution in [2.75, 3.05) is 7.11 Å². The zero-order chi connectivity index (χ0) is 18.0.